The molecular weight excluding hydrogens is 324 g/mol. The van der Waals surface area contributed by atoms with Crippen LogP contribution in [0.25, 0.3) is 0 Å². The third-order valence-corrected chi connectivity index (χ3v) is 5.53. The minimum atomic E-state index is -0.202. The Balaban J connectivity index is 1.44. The number of anilines is 1. The number of amides is 1. The van der Waals surface area contributed by atoms with E-state index in [9.17, 15) is 4.79 Å². The molecule has 1 aliphatic heterocycles. The van der Waals surface area contributed by atoms with Gasteiger partial charge in [0.2, 0.25) is 0 Å². The number of nitriles is 1. The molecule has 2 aliphatic rings. The van der Waals surface area contributed by atoms with Crippen molar-refractivity contribution in [2.45, 2.75) is 38.1 Å². The molecule has 5 heteroatoms. The number of carbonyl (C=O) groups is 1. The number of rotatable bonds is 3. The van der Waals surface area contributed by atoms with E-state index in [0.717, 1.165) is 37.7 Å². The molecule has 1 fully saturated rings. The van der Waals surface area contributed by atoms with E-state index < -0.39 is 0 Å². The molecule has 5 nitrogen and oxygen atoms in total. The highest BCUT2D eigenvalue weighted by atomic mass is 16.1. The van der Waals surface area contributed by atoms with Crippen LogP contribution in [-0.4, -0.2) is 34.9 Å². The first-order chi connectivity index (χ1) is 12.7. The van der Waals surface area contributed by atoms with Crippen LogP contribution in [0.15, 0.2) is 36.5 Å². The SMILES string of the molecule is N#Cc1ccc(C(=O)Nc2ccc3c(c2)CCN(C2CCC2)CC3)cn1. The van der Waals surface area contributed by atoms with Crippen LogP contribution in [0.2, 0.25) is 0 Å². The molecule has 2 heterocycles. The van der Waals surface area contributed by atoms with Gasteiger partial charge < -0.3 is 5.32 Å². The maximum absolute atomic E-state index is 12.4. The fourth-order valence-corrected chi connectivity index (χ4v) is 3.73. The molecule has 4 rings (SSSR count). The van der Waals surface area contributed by atoms with E-state index in [1.165, 1.54) is 36.6 Å². The number of aromatic nitrogens is 1. The normalized spacial score (nSPS) is 17.5. The van der Waals surface area contributed by atoms with Gasteiger partial charge in [-0.2, -0.15) is 5.26 Å². The molecule has 1 N–H and O–H groups in total. The van der Waals surface area contributed by atoms with Crippen molar-refractivity contribution in [2.75, 3.05) is 18.4 Å². The Labute approximate surface area is 153 Å². The van der Waals surface area contributed by atoms with Crippen LogP contribution in [0.3, 0.4) is 0 Å². The fourth-order valence-electron chi connectivity index (χ4n) is 3.73. The summed E-state index contributed by atoms with van der Waals surface area (Å²) in [5, 5.41) is 11.7. The summed E-state index contributed by atoms with van der Waals surface area (Å²) in [6.45, 7) is 2.24. The van der Waals surface area contributed by atoms with E-state index in [-0.39, 0.29) is 5.91 Å². The molecule has 0 radical (unpaired) electrons. The van der Waals surface area contributed by atoms with Crippen molar-refractivity contribution < 1.29 is 4.79 Å². The van der Waals surface area contributed by atoms with Gasteiger partial charge in [0.05, 0.1) is 5.56 Å². The lowest BCUT2D eigenvalue weighted by molar-refractivity contribution is 0.102. The first-order valence-corrected chi connectivity index (χ1v) is 9.26. The maximum atomic E-state index is 12.4. The molecule has 1 aromatic heterocycles. The molecule has 0 atom stereocenters. The topological polar surface area (TPSA) is 69.0 Å². The van der Waals surface area contributed by atoms with Crippen LogP contribution in [0.1, 0.15) is 46.4 Å². The quantitative estimate of drug-likeness (QED) is 0.927. The third kappa shape index (κ3) is 3.47. The molecule has 1 amide bonds. The van der Waals surface area contributed by atoms with Crippen molar-refractivity contribution in [1.82, 2.24) is 9.88 Å². The van der Waals surface area contributed by atoms with Crippen LogP contribution in [0, 0.1) is 11.3 Å². The fraction of sp³-hybridized carbons (Fsp3) is 0.381. The van der Waals surface area contributed by atoms with Gasteiger partial charge in [0.15, 0.2) is 0 Å². The summed E-state index contributed by atoms with van der Waals surface area (Å²) in [6, 6.07) is 12.2. The summed E-state index contributed by atoms with van der Waals surface area (Å²) in [7, 11) is 0. The summed E-state index contributed by atoms with van der Waals surface area (Å²) in [5.74, 6) is -0.202. The van der Waals surface area contributed by atoms with Crippen molar-refractivity contribution in [3.63, 3.8) is 0 Å². The van der Waals surface area contributed by atoms with Gasteiger partial charge >= 0.3 is 0 Å². The second-order valence-electron chi connectivity index (χ2n) is 7.10. The van der Waals surface area contributed by atoms with Crippen LogP contribution >= 0.6 is 0 Å². The highest BCUT2D eigenvalue weighted by molar-refractivity contribution is 6.04. The van der Waals surface area contributed by atoms with Gasteiger partial charge in [-0.1, -0.05) is 12.5 Å². The Morgan fingerprint density at radius 1 is 1.15 bits per heavy atom. The first-order valence-electron chi connectivity index (χ1n) is 9.26. The van der Waals surface area contributed by atoms with Crippen LogP contribution in [-0.2, 0) is 12.8 Å². The standard InChI is InChI=1S/C21H22N4O/c22-13-19-7-5-17(14-23-19)21(26)24-18-6-4-15-8-10-25(20-2-1-3-20)11-9-16(15)12-18/h4-7,12,14,20H,1-3,8-11H2,(H,24,26). The van der Waals surface area contributed by atoms with Gasteiger partial charge in [-0.25, -0.2) is 4.98 Å². The third-order valence-electron chi connectivity index (χ3n) is 5.53. The predicted octanol–water partition coefficient (Wildman–Crippen LogP) is 3.16. The van der Waals surface area contributed by atoms with Gasteiger partial charge in [-0.3, -0.25) is 9.69 Å². The first kappa shape index (κ1) is 16.7. The van der Waals surface area contributed by atoms with Crippen LogP contribution in [0.5, 0.6) is 0 Å². The van der Waals surface area contributed by atoms with E-state index in [2.05, 4.69) is 27.3 Å². The van der Waals surface area contributed by atoms with Gasteiger partial charge in [0.1, 0.15) is 11.8 Å². The second-order valence-corrected chi connectivity index (χ2v) is 7.10. The number of pyridine rings is 1. The summed E-state index contributed by atoms with van der Waals surface area (Å²) in [4.78, 5) is 19.0. The smallest absolute Gasteiger partial charge is 0.257 e. The Hall–Kier alpha value is -2.71. The Morgan fingerprint density at radius 2 is 1.96 bits per heavy atom. The van der Waals surface area contributed by atoms with Crippen molar-refractivity contribution in [1.29, 1.82) is 5.26 Å². The highest BCUT2D eigenvalue weighted by Crippen LogP contribution is 2.28. The van der Waals surface area contributed by atoms with Crippen LogP contribution in [0.4, 0.5) is 5.69 Å². The maximum Gasteiger partial charge on any atom is 0.257 e. The highest BCUT2D eigenvalue weighted by Gasteiger charge is 2.26. The van der Waals surface area contributed by atoms with Crippen molar-refractivity contribution in [3.8, 4) is 6.07 Å². The number of carbonyl (C=O) groups excluding carboxylic acids is 1. The van der Waals surface area contributed by atoms with Gasteiger partial charge in [0.25, 0.3) is 5.91 Å². The van der Waals surface area contributed by atoms with E-state index >= 15 is 0 Å². The van der Waals surface area contributed by atoms with E-state index in [1.54, 1.807) is 12.1 Å². The lowest BCUT2D eigenvalue weighted by Crippen LogP contribution is -2.41. The predicted molar refractivity (Wildman–Crippen MR) is 100.0 cm³/mol. The van der Waals surface area contributed by atoms with Gasteiger partial charge in [-0.15, -0.1) is 0 Å². The van der Waals surface area contributed by atoms with Crippen LogP contribution < -0.4 is 5.32 Å². The molecule has 0 bridgehead atoms. The molecule has 1 saturated carbocycles. The minimum Gasteiger partial charge on any atom is -0.322 e. The van der Waals surface area contributed by atoms with Crippen molar-refractivity contribution in [3.05, 3.63) is 58.9 Å². The van der Waals surface area contributed by atoms with E-state index in [4.69, 9.17) is 5.26 Å². The Bertz CT molecular complexity index is 849. The molecular formula is C21H22N4O. The molecule has 132 valence electrons. The lowest BCUT2D eigenvalue weighted by Gasteiger charge is -2.36. The van der Waals surface area contributed by atoms with E-state index in [0.29, 0.717) is 11.3 Å². The lowest BCUT2D eigenvalue weighted by atomic mass is 9.91. The number of fused-ring (bicyclic) bond motifs is 1. The molecule has 1 aliphatic carbocycles. The largest absolute Gasteiger partial charge is 0.322 e. The zero-order valence-corrected chi connectivity index (χ0v) is 14.7. The average Bonchev–Trinajstić information content (AvgIpc) is 2.83. The van der Waals surface area contributed by atoms with Crippen molar-refractivity contribution in [2.24, 2.45) is 0 Å². The molecule has 0 saturated heterocycles. The van der Waals surface area contributed by atoms with Crippen molar-refractivity contribution >= 4 is 11.6 Å². The van der Waals surface area contributed by atoms with Gasteiger partial charge in [-0.05, 0) is 61.1 Å². The average molecular weight is 346 g/mol. The monoisotopic (exact) mass is 346 g/mol. The number of hydrogen-bond acceptors (Lipinski definition) is 4. The second kappa shape index (κ2) is 7.27. The molecule has 0 spiro atoms. The zero-order valence-electron chi connectivity index (χ0n) is 14.7. The molecule has 0 unspecified atom stereocenters. The molecule has 1 aromatic carbocycles. The zero-order chi connectivity index (χ0) is 17.9. The van der Waals surface area contributed by atoms with E-state index in [1.807, 2.05) is 12.1 Å². The minimum absolute atomic E-state index is 0.202. The summed E-state index contributed by atoms with van der Waals surface area (Å²) >= 11 is 0. The Morgan fingerprint density at radius 3 is 2.62 bits per heavy atom. The number of nitrogens with zero attached hydrogens (tertiary/aromatic N) is 3. The van der Waals surface area contributed by atoms with Gasteiger partial charge in [0, 0.05) is 31.0 Å². The number of nitrogens with one attached hydrogen (secondary N) is 1. The summed E-state index contributed by atoms with van der Waals surface area (Å²) in [6.07, 6.45) is 7.61. The summed E-state index contributed by atoms with van der Waals surface area (Å²) in [5.41, 5.74) is 4.31. The summed E-state index contributed by atoms with van der Waals surface area (Å²) < 4.78 is 0. The Kier molecular flexibility index (Phi) is 4.68. The molecule has 26 heavy (non-hydrogen) atoms. The number of benzene rings is 1. The molecule has 2 aromatic rings. The number of hydrogen-bond donors (Lipinski definition) is 1.